The lowest BCUT2D eigenvalue weighted by molar-refractivity contribution is 0.391. The first kappa shape index (κ1) is 15.6. The fraction of sp³-hybridized carbons (Fsp3) is 0.176. The van der Waals surface area contributed by atoms with Crippen LogP contribution in [-0.2, 0) is 6.54 Å². The lowest BCUT2D eigenvalue weighted by atomic mass is 10.1. The molecule has 1 N–H and O–H groups in total. The summed E-state index contributed by atoms with van der Waals surface area (Å²) in [6.45, 7) is 0.615. The van der Waals surface area contributed by atoms with Crippen LogP contribution in [0.3, 0.4) is 0 Å². The molecular weight excluding hydrogens is 358 g/mol. The van der Waals surface area contributed by atoms with Crippen molar-refractivity contribution in [3.8, 4) is 11.5 Å². The minimum Gasteiger partial charge on any atom is -0.497 e. The summed E-state index contributed by atoms with van der Waals surface area (Å²) >= 11 is 3.45. The van der Waals surface area contributed by atoms with E-state index < -0.39 is 0 Å². The van der Waals surface area contributed by atoms with Gasteiger partial charge in [0.1, 0.15) is 11.5 Å². The molecule has 0 spiro atoms. The minimum absolute atomic E-state index is 0.615. The van der Waals surface area contributed by atoms with E-state index in [0.717, 1.165) is 38.1 Å². The molecule has 0 aliphatic carbocycles. The molecule has 2 aromatic carbocycles. The molecule has 0 unspecified atom stereocenters. The third-order valence-corrected chi connectivity index (χ3v) is 4.06. The van der Waals surface area contributed by atoms with E-state index >= 15 is 0 Å². The second kappa shape index (κ2) is 6.83. The molecule has 0 radical (unpaired) electrons. The molecule has 1 heterocycles. The molecule has 3 rings (SSSR count). The number of nitrogens with one attached hydrogen (secondary N) is 1. The number of methoxy groups -OCH3 is 2. The Labute approximate surface area is 142 Å². The van der Waals surface area contributed by atoms with Crippen molar-refractivity contribution in [2.45, 2.75) is 6.54 Å². The Bertz CT molecular complexity index is 839. The average molecular weight is 374 g/mol. The highest BCUT2D eigenvalue weighted by Gasteiger charge is 2.07. The predicted octanol–water partition coefficient (Wildman–Crippen LogP) is 4.02. The highest BCUT2D eigenvalue weighted by Crippen LogP contribution is 2.27. The molecule has 0 saturated heterocycles. The molecule has 118 valence electrons. The first-order valence-corrected chi connectivity index (χ1v) is 7.86. The summed E-state index contributed by atoms with van der Waals surface area (Å²) in [5, 5.41) is 12.6. The molecule has 0 aliphatic rings. The van der Waals surface area contributed by atoms with Gasteiger partial charge in [-0.3, -0.25) is 0 Å². The normalized spacial score (nSPS) is 10.6. The summed E-state index contributed by atoms with van der Waals surface area (Å²) in [5.41, 5.74) is 2.81. The Morgan fingerprint density at radius 2 is 1.96 bits per heavy atom. The van der Waals surface area contributed by atoms with Gasteiger partial charge in [-0.1, -0.05) is 15.9 Å². The number of aromatic nitrogens is 2. The van der Waals surface area contributed by atoms with E-state index in [-0.39, 0.29) is 0 Å². The van der Waals surface area contributed by atoms with Gasteiger partial charge < -0.3 is 14.8 Å². The van der Waals surface area contributed by atoms with Crippen molar-refractivity contribution >= 4 is 32.5 Å². The predicted molar refractivity (Wildman–Crippen MR) is 94.1 cm³/mol. The molecule has 1 aromatic heterocycles. The van der Waals surface area contributed by atoms with Crippen molar-refractivity contribution in [2.75, 3.05) is 19.5 Å². The van der Waals surface area contributed by atoms with Crippen LogP contribution in [0.5, 0.6) is 11.5 Å². The van der Waals surface area contributed by atoms with Gasteiger partial charge in [0.05, 0.1) is 31.6 Å². The standard InChI is InChI=1S/C17H16BrN3O2/c1-22-13-5-3-11(17(8-13)23-2)9-19-16-10-20-21-15-7-12(18)4-6-14(15)16/h3-8,10H,9H2,1-2H3,(H,19,21). The minimum atomic E-state index is 0.615. The third-order valence-electron chi connectivity index (χ3n) is 3.57. The van der Waals surface area contributed by atoms with Crippen LogP contribution >= 0.6 is 15.9 Å². The Hall–Kier alpha value is -2.34. The van der Waals surface area contributed by atoms with Crippen molar-refractivity contribution in [1.29, 1.82) is 0 Å². The number of fused-ring (bicyclic) bond motifs is 1. The Balaban J connectivity index is 1.86. The van der Waals surface area contributed by atoms with E-state index in [2.05, 4.69) is 31.4 Å². The quantitative estimate of drug-likeness (QED) is 0.731. The Morgan fingerprint density at radius 3 is 2.74 bits per heavy atom. The fourth-order valence-corrected chi connectivity index (χ4v) is 2.71. The highest BCUT2D eigenvalue weighted by molar-refractivity contribution is 9.10. The summed E-state index contributed by atoms with van der Waals surface area (Å²) in [6, 6.07) is 11.7. The molecule has 6 heteroatoms. The maximum Gasteiger partial charge on any atom is 0.127 e. The highest BCUT2D eigenvalue weighted by atomic mass is 79.9. The summed E-state index contributed by atoms with van der Waals surface area (Å²) in [5.74, 6) is 1.55. The van der Waals surface area contributed by atoms with E-state index in [0.29, 0.717) is 6.54 Å². The van der Waals surface area contributed by atoms with Crippen molar-refractivity contribution in [3.63, 3.8) is 0 Å². The van der Waals surface area contributed by atoms with Crippen LogP contribution in [0, 0.1) is 0 Å². The molecule has 5 nitrogen and oxygen atoms in total. The average Bonchev–Trinajstić information content (AvgIpc) is 2.59. The summed E-state index contributed by atoms with van der Waals surface area (Å²) in [4.78, 5) is 0. The van der Waals surface area contributed by atoms with E-state index in [4.69, 9.17) is 9.47 Å². The van der Waals surface area contributed by atoms with Crippen LogP contribution in [-0.4, -0.2) is 24.4 Å². The topological polar surface area (TPSA) is 56.3 Å². The van der Waals surface area contributed by atoms with Gasteiger partial charge in [0.2, 0.25) is 0 Å². The zero-order chi connectivity index (χ0) is 16.2. The van der Waals surface area contributed by atoms with Gasteiger partial charge >= 0.3 is 0 Å². The van der Waals surface area contributed by atoms with E-state index in [9.17, 15) is 0 Å². The number of hydrogen-bond donors (Lipinski definition) is 1. The van der Waals surface area contributed by atoms with Gasteiger partial charge in [0.15, 0.2) is 0 Å². The van der Waals surface area contributed by atoms with Crippen molar-refractivity contribution < 1.29 is 9.47 Å². The molecule has 0 fully saturated rings. The van der Waals surface area contributed by atoms with Crippen molar-refractivity contribution in [2.24, 2.45) is 0 Å². The van der Waals surface area contributed by atoms with E-state index in [1.54, 1.807) is 20.4 Å². The van der Waals surface area contributed by atoms with Gasteiger partial charge in [-0.05, 0) is 30.3 Å². The van der Waals surface area contributed by atoms with Gasteiger partial charge in [-0.15, -0.1) is 0 Å². The largest absolute Gasteiger partial charge is 0.497 e. The second-order valence-electron chi connectivity index (χ2n) is 4.95. The summed E-state index contributed by atoms with van der Waals surface area (Å²) in [6.07, 6.45) is 1.73. The van der Waals surface area contributed by atoms with Crippen LogP contribution in [0.4, 0.5) is 5.69 Å². The zero-order valence-electron chi connectivity index (χ0n) is 12.8. The molecular formula is C17H16BrN3O2. The van der Waals surface area contributed by atoms with Crippen molar-refractivity contribution in [3.05, 3.63) is 52.6 Å². The summed E-state index contributed by atoms with van der Waals surface area (Å²) < 4.78 is 11.6. The Kier molecular flexibility index (Phi) is 4.62. The number of halogens is 1. The fourth-order valence-electron chi connectivity index (χ4n) is 2.36. The molecule has 23 heavy (non-hydrogen) atoms. The number of benzene rings is 2. The molecule has 0 bridgehead atoms. The number of anilines is 1. The van der Waals surface area contributed by atoms with Crippen LogP contribution in [0.25, 0.3) is 10.9 Å². The molecule has 0 aliphatic heterocycles. The van der Waals surface area contributed by atoms with E-state index in [1.807, 2.05) is 36.4 Å². The number of rotatable bonds is 5. The zero-order valence-corrected chi connectivity index (χ0v) is 14.4. The van der Waals surface area contributed by atoms with E-state index in [1.165, 1.54) is 0 Å². The molecule has 3 aromatic rings. The van der Waals surface area contributed by atoms with Gasteiger partial charge in [0, 0.05) is 28.0 Å². The monoisotopic (exact) mass is 373 g/mol. The third kappa shape index (κ3) is 3.37. The molecule has 0 atom stereocenters. The second-order valence-corrected chi connectivity index (χ2v) is 5.87. The smallest absolute Gasteiger partial charge is 0.127 e. The first-order chi connectivity index (χ1) is 11.2. The number of hydrogen-bond acceptors (Lipinski definition) is 5. The molecule has 0 saturated carbocycles. The van der Waals surface area contributed by atoms with Crippen LogP contribution < -0.4 is 14.8 Å². The first-order valence-electron chi connectivity index (χ1n) is 7.07. The summed E-state index contributed by atoms with van der Waals surface area (Å²) in [7, 11) is 3.29. The van der Waals surface area contributed by atoms with Gasteiger partial charge in [-0.25, -0.2) is 0 Å². The van der Waals surface area contributed by atoms with Crippen LogP contribution in [0.2, 0.25) is 0 Å². The van der Waals surface area contributed by atoms with Gasteiger partial charge in [-0.2, -0.15) is 10.2 Å². The molecule has 0 amide bonds. The van der Waals surface area contributed by atoms with Crippen LogP contribution in [0.1, 0.15) is 5.56 Å². The maximum atomic E-state index is 5.43. The van der Waals surface area contributed by atoms with Crippen LogP contribution in [0.15, 0.2) is 47.1 Å². The lowest BCUT2D eigenvalue weighted by Crippen LogP contribution is -2.03. The van der Waals surface area contributed by atoms with Crippen molar-refractivity contribution in [1.82, 2.24) is 10.2 Å². The lowest BCUT2D eigenvalue weighted by Gasteiger charge is -2.13. The number of ether oxygens (including phenoxy) is 2. The SMILES string of the molecule is COc1ccc(CNc2cnnc3cc(Br)ccc23)c(OC)c1. The Morgan fingerprint density at radius 1 is 1.09 bits per heavy atom. The number of nitrogens with zero attached hydrogens (tertiary/aromatic N) is 2. The van der Waals surface area contributed by atoms with Gasteiger partial charge in [0.25, 0.3) is 0 Å². The maximum absolute atomic E-state index is 5.43.